The topological polar surface area (TPSA) is 105 Å². The fraction of sp³-hybridized carbons (Fsp3) is 0.105. The molecule has 1 saturated heterocycles. The number of benzene rings is 2. The SMILES string of the molecule is C/C=C(/Nc1cccc(N)c1)[C@H]1C(=O)NC(=O)N(c2ccc(Cl)cc2)C1=O. The number of halogens is 1. The predicted octanol–water partition coefficient (Wildman–Crippen LogP) is 3.14. The highest BCUT2D eigenvalue weighted by molar-refractivity contribution is 6.31. The van der Waals surface area contributed by atoms with E-state index in [9.17, 15) is 14.4 Å². The number of hydrogen-bond acceptors (Lipinski definition) is 5. The third-order valence-corrected chi connectivity index (χ3v) is 4.30. The third-order valence-electron chi connectivity index (χ3n) is 4.04. The molecule has 1 aliphatic rings. The molecule has 0 aliphatic carbocycles. The zero-order valence-corrected chi connectivity index (χ0v) is 15.2. The molecule has 27 heavy (non-hydrogen) atoms. The van der Waals surface area contributed by atoms with Crippen molar-refractivity contribution in [2.75, 3.05) is 16.0 Å². The largest absolute Gasteiger partial charge is 0.399 e. The molecule has 1 fully saturated rings. The van der Waals surface area contributed by atoms with Crippen LogP contribution in [0.1, 0.15) is 6.92 Å². The number of nitrogens with two attached hydrogens (primary N) is 1. The van der Waals surface area contributed by atoms with Gasteiger partial charge in [-0.05, 0) is 49.4 Å². The number of imide groups is 2. The first-order chi connectivity index (χ1) is 12.9. The number of hydrogen-bond donors (Lipinski definition) is 3. The average molecular weight is 385 g/mol. The Balaban J connectivity index is 1.92. The van der Waals surface area contributed by atoms with E-state index in [4.69, 9.17) is 17.3 Å². The van der Waals surface area contributed by atoms with E-state index < -0.39 is 23.8 Å². The van der Waals surface area contributed by atoms with Gasteiger partial charge in [-0.3, -0.25) is 14.9 Å². The lowest BCUT2D eigenvalue weighted by atomic mass is 9.99. The second-order valence-corrected chi connectivity index (χ2v) is 6.31. The van der Waals surface area contributed by atoms with Gasteiger partial charge in [-0.15, -0.1) is 0 Å². The molecule has 0 radical (unpaired) electrons. The Morgan fingerprint density at radius 2 is 1.89 bits per heavy atom. The molecule has 0 aromatic heterocycles. The van der Waals surface area contributed by atoms with E-state index in [2.05, 4.69) is 10.6 Å². The monoisotopic (exact) mass is 384 g/mol. The Labute approximate surface area is 160 Å². The van der Waals surface area contributed by atoms with Crippen molar-refractivity contribution in [3.8, 4) is 0 Å². The second kappa shape index (κ2) is 7.51. The molecular formula is C19H17ClN4O3. The van der Waals surface area contributed by atoms with Crippen LogP contribution >= 0.6 is 11.6 Å². The van der Waals surface area contributed by atoms with E-state index >= 15 is 0 Å². The molecule has 0 saturated carbocycles. The maximum atomic E-state index is 13.0. The number of allylic oxidation sites excluding steroid dienone is 1. The van der Waals surface area contributed by atoms with Gasteiger partial charge in [-0.2, -0.15) is 0 Å². The minimum atomic E-state index is -1.20. The molecule has 8 heteroatoms. The molecule has 1 aliphatic heterocycles. The zero-order chi connectivity index (χ0) is 19.6. The molecule has 0 bridgehead atoms. The van der Waals surface area contributed by atoms with Gasteiger partial charge in [-0.1, -0.05) is 23.7 Å². The van der Waals surface area contributed by atoms with Crippen molar-refractivity contribution >= 4 is 46.5 Å². The van der Waals surface area contributed by atoms with Gasteiger partial charge in [-0.25, -0.2) is 9.69 Å². The van der Waals surface area contributed by atoms with E-state index in [1.54, 1.807) is 49.4 Å². The van der Waals surface area contributed by atoms with Crippen molar-refractivity contribution in [3.05, 3.63) is 65.3 Å². The molecule has 4 amide bonds. The number of barbiturate groups is 1. The van der Waals surface area contributed by atoms with Gasteiger partial charge in [0.05, 0.1) is 5.69 Å². The minimum Gasteiger partial charge on any atom is -0.399 e. The number of nitrogen functional groups attached to an aromatic ring is 1. The number of nitrogens with one attached hydrogen (secondary N) is 2. The van der Waals surface area contributed by atoms with E-state index in [0.717, 1.165) is 4.90 Å². The third kappa shape index (κ3) is 3.78. The van der Waals surface area contributed by atoms with Crippen LogP contribution in [0.3, 0.4) is 0 Å². The highest BCUT2D eigenvalue weighted by Crippen LogP contribution is 2.27. The summed E-state index contributed by atoms with van der Waals surface area (Å²) in [6.45, 7) is 1.69. The minimum absolute atomic E-state index is 0.318. The molecule has 3 rings (SSSR count). The quantitative estimate of drug-likeness (QED) is 0.555. The van der Waals surface area contributed by atoms with Gasteiger partial charge < -0.3 is 11.1 Å². The fourth-order valence-electron chi connectivity index (χ4n) is 2.78. The standard InChI is InChI=1S/C19H17ClN4O3/c1-2-15(22-13-5-3-4-12(21)10-13)16-17(25)23-19(27)24(18(16)26)14-8-6-11(20)7-9-14/h2-10,16,22H,21H2,1H3,(H,23,25,27)/b15-2+/t16-/m0/s1. The molecule has 0 spiro atoms. The molecule has 7 nitrogen and oxygen atoms in total. The van der Waals surface area contributed by atoms with Gasteiger partial charge in [0.1, 0.15) is 0 Å². The smallest absolute Gasteiger partial charge is 0.335 e. The van der Waals surface area contributed by atoms with E-state index in [-0.39, 0.29) is 0 Å². The van der Waals surface area contributed by atoms with Crippen LogP contribution in [0.5, 0.6) is 0 Å². The van der Waals surface area contributed by atoms with Crippen LogP contribution in [0.25, 0.3) is 0 Å². The number of urea groups is 1. The molecule has 138 valence electrons. The first-order valence-electron chi connectivity index (χ1n) is 8.14. The van der Waals surface area contributed by atoms with Gasteiger partial charge in [0.15, 0.2) is 5.92 Å². The number of rotatable bonds is 4. The van der Waals surface area contributed by atoms with Crippen LogP contribution < -0.4 is 21.3 Å². The van der Waals surface area contributed by atoms with Gasteiger partial charge in [0.25, 0.3) is 5.91 Å². The summed E-state index contributed by atoms with van der Waals surface area (Å²) in [6.07, 6.45) is 1.61. The normalized spacial score (nSPS) is 17.7. The van der Waals surface area contributed by atoms with E-state index in [1.165, 1.54) is 12.1 Å². The molecule has 2 aromatic rings. The van der Waals surface area contributed by atoms with E-state index in [1.807, 2.05) is 0 Å². The lowest BCUT2D eigenvalue weighted by Crippen LogP contribution is -2.59. The Hall–Kier alpha value is -3.32. The first-order valence-corrected chi connectivity index (χ1v) is 8.51. The highest BCUT2D eigenvalue weighted by Gasteiger charge is 2.43. The van der Waals surface area contributed by atoms with Crippen LogP contribution in [0, 0.1) is 5.92 Å². The first kappa shape index (κ1) is 18.5. The summed E-state index contributed by atoms with van der Waals surface area (Å²) in [7, 11) is 0. The lowest BCUT2D eigenvalue weighted by Gasteiger charge is -2.31. The Kier molecular flexibility index (Phi) is 5.14. The van der Waals surface area contributed by atoms with Crippen LogP contribution in [-0.2, 0) is 9.59 Å². The zero-order valence-electron chi connectivity index (χ0n) is 14.4. The van der Waals surface area contributed by atoms with Crippen molar-refractivity contribution < 1.29 is 14.4 Å². The summed E-state index contributed by atoms with van der Waals surface area (Å²) in [4.78, 5) is 38.6. The summed E-state index contributed by atoms with van der Waals surface area (Å²) < 4.78 is 0. The molecule has 1 heterocycles. The maximum Gasteiger partial charge on any atom is 0.335 e. The molecule has 4 N–H and O–H groups in total. The maximum absolute atomic E-state index is 13.0. The Morgan fingerprint density at radius 3 is 2.52 bits per heavy atom. The molecular weight excluding hydrogens is 368 g/mol. The number of carbonyl (C=O) groups is 3. The average Bonchev–Trinajstić information content (AvgIpc) is 2.62. The molecule has 2 aromatic carbocycles. The van der Waals surface area contributed by atoms with Crippen LogP contribution in [-0.4, -0.2) is 17.8 Å². The van der Waals surface area contributed by atoms with Crippen molar-refractivity contribution in [1.82, 2.24) is 5.32 Å². The van der Waals surface area contributed by atoms with Gasteiger partial charge >= 0.3 is 6.03 Å². The summed E-state index contributed by atoms with van der Waals surface area (Å²) in [5.41, 5.74) is 7.59. The summed E-state index contributed by atoms with van der Waals surface area (Å²) in [5.74, 6) is -2.56. The van der Waals surface area contributed by atoms with Crippen molar-refractivity contribution in [2.45, 2.75) is 6.92 Å². The van der Waals surface area contributed by atoms with Crippen LogP contribution in [0.15, 0.2) is 60.3 Å². The highest BCUT2D eigenvalue weighted by atomic mass is 35.5. The number of anilines is 3. The van der Waals surface area contributed by atoms with E-state index in [0.29, 0.717) is 27.8 Å². The summed E-state index contributed by atoms with van der Waals surface area (Å²) in [6, 6.07) is 12.3. The molecule has 0 unspecified atom stereocenters. The lowest BCUT2D eigenvalue weighted by molar-refractivity contribution is -0.132. The molecule has 1 atom stereocenters. The van der Waals surface area contributed by atoms with Crippen molar-refractivity contribution in [2.24, 2.45) is 5.92 Å². The Bertz CT molecular complexity index is 940. The van der Waals surface area contributed by atoms with Gasteiger partial charge in [0.2, 0.25) is 5.91 Å². The van der Waals surface area contributed by atoms with Crippen molar-refractivity contribution in [1.29, 1.82) is 0 Å². The fourth-order valence-corrected chi connectivity index (χ4v) is 2.90. The van der Waals surface area contributed by atoms with Gasteiger partial charge in [0, 0.05) is 22.1 Å². The second-order valence-electron chi connectivity index (χ2n) is 5.87. The number of amides is 4. The predicted molar refractivity (Wildman–Crippen MR) is 104 cm³/mol. The summed E-state index contributed by atoms with van der Waals surface area (Å²) in [5, 5.41) is 5.73. The number of nitrogens with zero attached hydrogens (tertiary/aromatic N) is 1. The van der Waals surface area contributed by atoms with Crippen LogP contribution in [0.4, 0.5) is 21.9 Å². The van der Waals surface area contributed by atoms with Crippen LogP contribution in [0.2, 0.25) is 5.02 Å². The van der Waals surface area contributed by atoms with Crippen molar-refractivity contribution in [3.63, 3.8) is 0 Å². The number of carbonyl (C=O) groups excluding carboxylic acids is 3. The Morgan fingerprint density at radius 1 is 1.19 bits per heavy atom. The summed E-state index contributed by atoms with van der Waals surface area (Å²) >= 11 is 5.86.